The lowest BCUT2D eigenvalue weighted by Gasteiger charge is -2.09. The minimum absolute atomic E-state index is 0.251. The third kappa shape index (κ3) is 2.62. The fraction of sp³-hybridized carbons (Fsp3) is 0.0455. The fourth-order valence-corrected chi connectivity index (χ4v) is 3.29. The first-order valence-corrected chi connectivity index (χ1v) is 8.20. The number of benzene rings is 3. The lowest BCUT2D eigenvalue weighted by atomic mass is 9.97. The van der Waals surface area contributed by atoms with E-state index in [1.54, 1.807) is 18.2 Å². The van der Waals surface area contributed by atoms with Crippen LogP contribution in [0.1, 0.15) is 26.3 Å². The van der Waals surface area contributed by atoms with Crippen LogP contribution in [-0.2, 0) is 0 Å². The van der Waals surface area contributed by atoms with Gasteiger partial charge in [-0.15, -0.1) is 0 Å². The Morgan fingerprint density at radius 1 is 1.00 bits per heavy atom. The number of pyridine rings is 1. The molecule has 4 heteroatoms. The third-order valence-corrected chi connectivity index (χ3v) is 4.58. The predicted octanol–water partition coefficient (Wildman–Crippen LogP) is 4.87. The number of rotatable bonds is 3. The standard InChI is InChI=1S/C22H15NO3/c1-13-9-14(12-24)5-8-17(13)15-6-7-16-10-19-18(22(25)26)3-2-4-20(19)23-21(16)11-15/h2-12H,1H3,(H,25,26). The van der Waals surface area contributed by atoms with E-state index in [1.165, 1.54) is 0 Å². The van der Waals surface area contributed by atoms with Gasteiger partial charge in [0.15, 0.2) is 0 Å². The molecule has 126 valence electrons. The van der Waals surface area contributed by atoms with E-state index in [0.717, 1.165) is 33.9 Å². The van der Waals surface area contributed by atoms with Gasteiger partial charge in [0, 0.05) is 16.3 Å². The number of aldehydes is 1. The van der Waals surface area contributed by atoms with E-state index >= 15 is 0 Å². The van der Waals surface area contributed by atoms with Gasteiger partial charge in [0.05, 0.1) is 16.6 Å². The van der Waals surface area contributed by atoms with Crippen LogP contribution in [0.15, 0.2) is 60.7 Å². The zero-order valence-corrected chi connectivity index (χ0v) is 14.1. The average molecular weight is 341 g/mol. The minimum atomic E-state index is -0.959. The van der Waals surface area contributed by atoms with Crippen molar-refractivity contribution in [2.75, 3.05) is 0 Å². The molecule has 4 aromatic rings. The first kappa shape index (κ1) is 16.0. The molecule has 1 N–H and O–H groups in total. The first-order chi connectivity index (χ1) is 12.6. The van der Waals surface area contributed by atoms with Crippen LogP contribution in [0.4, 0.5) is 0 Å². The second-order valence-electron chi connectivity index (χ2n) is 6.27. The van der Waals surface area contributed by atoms with Gasteiger partial charge in [0.25, 0.3) is 0 Å². The summed E-state index contributed by atoms with van der Waals surface area (Å²) in [4.78, 5) is 27.0. The van der Waals surface area contributed by atoms with Crippen LogP contribution in [0.5, 0.6) is 0 Å². The summed E-state index contributed by atoms with van der Waals surface area (Å²) < 4.78 is 0. The van der Waals surface area contributed by atoms with Crippen LogP contribution in [0.25, 0.3) is 32.9 Å². The number of aromatic carboxylic acids is 1. The highest BCUT2D eigenvalue weighted by atomic mass is 16.4. The Balaban J connectivity index is 1.92. The molecule has 1 heterocycles. The Morgan fingerprint density at radius 3 is 2.58 bits per heavy atom. The molecular formula is C22H15NO3. The molecule has 0 fully saturated rings. The maximum absolute atomic E-state index is 11.4. The molecule has 0 bridgehead atoms. The van der Waals surface area contributed by atoms with E-state index in [2.05, 4.69) is 4.98 Å². The Labute approximate surface area is 149 Å². The fourth-order valence-electron chi connectivity index (χ4n) is 3.29. The summed E-state index contributed by atoms with van der Waals surface area (Å²) in [7, 11) is 0. The molecule has 0 saturated carbocycles. The van der Waals surface area contributed by atoms with Gasteiger partial charge in [-0.25, -0.2) is 9.78 Å². The summed E-state index contributed by atoms with van der Waals surface area (Å²) in [5, 5.41) is 10.9. The molecule has 26 heavy (non-hydrogen) atoms. The molecule has 0 saturated heterocycles. The van der Waals surface area contributed by atoms with Gasteiger partial charge in [-0.05, 0) is 53.9 Å². The average Bonchev–Trinajstić information content (AvgIpc) is 2.65. The number of aryl methyl sites for hydroxylation is 1. The highest BCUT2D eigenvalue weighted by Crippen LogP contribution is 2.29. The Kier molecular flexibility index (Phi) is 3.73. The van der Waals surface area contributed by atoms with E-state index in [0.29, 0.717) is 16.5 Å². The maximum Gasteiger partial charge on any atom is 0.336 e. The number of hydrogen-bond donors (Lipinski definition) is 1. The molecule has 0 atom stereocenters. The van der Waals surface area contributed by atoms with Crippen molar-refractivity contribution in [2.24, 2.45) is 0 Å². The lowest BCUT2D eigenvalue weighted by Crippen LogP contribution is -1.98. The van der Waals surface area contributed by atoms with E-state index in [9.17, 15) is 14.7 Å². The zero-order chi connectivity index (χ0) is 18.3. The van der Waals surface area contributed by atoms with Gasteiger partial charge in [0.1, 0.15) is 6.29 Å². The molecule has 0 spiro atoms. The van der Waals surface area contributed by atoms with Crippen LogP contribution in [0.2, 0.25) is 0 Å². The first-order valence-electron chi connectivity index (χ1n) is 8.20. The monoisotopic (exact) mass is 341 g/mol. The molecule has 0 unspecified atom stereocenters. The van der Waals surface area contributed by atoms with Crippen molar-refractivity contribution in [3.8, 4) is 11.1 Å². The van der Waals surface area contributed by atoms with Gasteiger partial charge >= 0.3 is 5.97 Å². The number of aromatic nitrogens is 1. The van der Waals surface area contributed by atoms with Gasteiger partial charge < -0.3 is 5.11 Å². The normalized spacial score (nSPS) is 11.0. The number of carboxylic acids is 1. The SMILES string of the molecule is Cc1cc(C=O)ccc1-c1ccc2cc3c(C(=O)O)cccc3nc2c1. The van der Waals surface area contributed by atoms with Crippen LogP contribution >= 0.6 is 0 Å². The molecule has 0 aliphatic carbocycles. The Hall–Kier alpha value is -3.53. The van der Waals surface area contributed by atoms with Gasteiger partial charge in [-0.1, -0.05) is 30.3 Å². The van der Waals surface area contributed by atoms with Gasteiger partial charge in [0.2, 0.25) is 0 Å². The molecule has 3 aromatic carbocycles. The second kappa shape index (κ2) is 6.08. The summed E-state index contributed by atoms with van der Waals surface area (Å²) in [6.45, 7) is 1.97. The lowest BCUT2D eigenvalue weighted by molar-refractivity contribution is 0.0699. The summed E-state index contributed by atoms with van der Waals surface area (Å²) in [5.74, 6) is -0.959. The number of hydrogen-bond acceptors (Lipinski definition) is 3. The second-order valence-corrected chi connectivity index (χ2v) is 6.27. The molecule has 0 amide bonds. The highest BCUT2D eigenvalue weighted by molar-refractivity contribution is 6.06. The number of nitrogens with zero attached hydrogens (tertiary/aromatic N) is 1. The van der Waals surface area contributed by atoms with Crippen LogP contribution in [-0.4, -0.2) is 22.3 Å². The van der Waals surface area contributed by atoms with Crippen molar-refractivity contribution in [1.82, 2.24) is 4.98 Å². The molecule has 0 aliphatic heterocycles. The van der Waals surface area contributed by atoms with E-state index in [1.807, 2.05) is 49.4 Å². The van der Waals surface area contributed by atoms with Crippen molar-refractivity contribution < 1.29 is 14.7 Å². The summed E-state index contributed by atoms with van der Waals surface area (Å²) in [5.41, 5.74) is 5.42. The zero-order valence-electron chi connectivity index (χ0n) is 14.1. The number of carbonyl (C=O) groups is 2. The van der Waals surface area contributed by atoms with Crippen LogP contribution in [0, 0.1) is 6.92 Å². The van der Waals surface area contributed by atoms with Crippen molar-refractivity contribution in [2.45, 2.75) is 6.92 Å². The van der Waals surface area contributed by atoms with Crippen molar-refractivity contribution >= 4 is 34.1 Å². The van der Waals surface area contributed by atoms with Crippen molar-refractivity contribution in [3.63, 3.8) is 0 Å². The minimum Gasteiger partial charge on any atom is -0.478 e. The number of fused-ring (bicyclic) bond motifs is 2. The van der Waals surface area contributed by atoms with E-state index < -0.39 is 5.97 Å². The summed E-state index contributed by atoms with van der Waals surface area (Å²) in [6, 6.07) is 18.5. The summed E-state index contributed by atoms with van der Waals surface area (Å²) >= 11 is 0. The third-order valence-electron chi connectivity index (χ3n) is 4.58. The maximum atomic E-state index is 11.4. The number of carbonyl (C=O) groups excluding carboxylic acids is 1. The molecule has 4 nitrogen and oxygen atoms in total. The molecule has 0 aliphatic rings. The Bertz CT molecular complexity index is 1190. The Morgan fingerprint density at radius 2 is 1.85 bits per heavy atom. The topological polar surface area (TPSA) is 67.3 Å². The van der Waals surface area contributed by atoms with E-state index in [4.69, 9.17) is 0 Å². The van der Waals surface area contributed by atoms with Gasteiger partial charge in [-0.3, -0.25) is 4.79 Å². The van der Waals surface area contributed by atoms with Crippen molar-refractivity contribution in [1.29, 1.82) is 0 Å². The van der Waals surface area contributed by atoms with Crippen LogP contribution in [0.3, 0.4) is 0 Å². The van der Waals surface area contributed by atoms with Crippen molar-refractivity contribution in [3.05, 3.63) is 77.4 Å². The van der Waals surface area contributed by atoms with Crippen LogP contribution < -0.4 is 0 Å². The van der Waals surface area contributed by atoms with E-state index in [-0.39, 0.29) is 5.56 Å². The summed E-state index contributed by atoms with van der Waals surface area (Å²) in [6.07, 6.45) is 0.838. The molecule has 1 aromatic heterocycles. The van der Waals surface area contributed by atoms with Gasteiger partial charge in [-0.2, -0.15) is 0 Å². The quantitative estimate of drug-likeness (QED) is 0.426. The molecule has 0 radical (unpaired) electrons. The predicted molar refractivity (Wildman–Crippen MR) is 102 cm³/mol. The smallest absolute Gasteiger partial charge is 0.336 e. The molecular weight excluding hydrogens is 326 g/mol. The molecule has 4 rings (SSSR count). The highest BCUT2D eigenvalue weighted by Gasteiger charge is 2.11. The number of carboxylic acid groups (broad SMARTS) is 1. The largest absolute Gasteiger partial charge is 0.478 e.